The zero-order valence-electron chi connectivity index (χ0n) is 13.9. The molecule has 2 rings (SSSR count). The molecule has 0 aromatic heterocycles. The van der Waals surface area contributed by atoms with Crippen LogP contribution in [0.25, 0.3) is 11.6 Å². The highest BCUT2D eigenvalue weighted by Crippen LogP contribution is 2.25. The number of benzene rings is 2. The quantitative estimate of drug-likeness (QED) is 0.325. The number of nitrogens with two attached hydrogens (primary N) is 1. The third-order valence-corrected chi connectivity index (χ3v) is 3.68. The number of aliphatic carboxylic acids is 1. The van der Waals surface area contributed by atoms with E-state index >= 15 is 0 Å². The average molecular weight is 325 g/mol. The van der Waals surface area contributed by atoms with Crippen molar-refractivity contribution < 1.29 is 14.6 Å². The monoisotopic (exact) mass is 325 g/mol. The molecule has 4 nitrogen and oxygen atoms in total. The number of anilines is 1. The van der Waals surface area contributed by atoms with Gasteiger partial charge < -0.3 is 15.6 Å². The summed E-state index contributed by atoms with van der Waals surface area (Å²) in [6, 6.07) is 14.3. The van der Waals surface area contributed by atoms with Crippen molar-refractivity contribution in [3.8, 4) is 5.75 Å². The Hall–Kier alpha value is -2.75. The number of para-hydroxylation sites is 1. The van der Waals surface area contributed by atoms with Crippen molar-refractivity contribution in [2.75, 3.05) is 12.3 Å². The number of carboxylic acids is 1. The summed E-state index contributed by atoms with van der Waals surface area (Å²) in [5.41, 5.74) is 7.84. The van der Waals surface area contributed by atoms with Gasteiger partial charge in [-0.15, -0.1) is 0 Å². The lowest BCUT2D eigenvalue weighted by atomic mass is 10.0. The van der Waals surface area contributed by atoms with E-state index < -0.39 is 5.97 Å². The van der Waals surface area contributed by atoms with Crippen molar-refractivity contribution in [3.05, 3.63) is 59.7 Å². The first-order valence-corrected chi connectivity index (χ1v) is 8.14. The molecule has 0 unspecified atom stereocenters. The summed E-state index contributed by atoms with van der Waals surface area (Å²) < 4.78 is 5.82. The largest absolute Gasteiger partial charge is 0.493 e. The van der Waals surface area contributed by atoms with Gasteiger partial charge in [-0.25, -0.2) is 4.79 Å². The van der Waals surface area contributed by atoms with Gasteiger partial charge >= 0.3 is 5.97 Å². The first-order valence-electron chi connectivity index (χ1n) is 8.14. The Morgan fingerprint density at radius 2 is 1.83 bits per heavy atom. The predicted molar refractivity (Wildman–Crippen MR) is 97.8 cm³/mol. The molecule has 2 aromatic carbocycles. The normalized spacial score (nSPS) is 11.3. The van der Waals surface area contributed by atoms with E-state index in [2.05, 4.69) is 6.92 Å². The van der Waals surface area contributed by atoms with Crippen LogP contribution in [-0.2, 0) is 4.79 Å². The van der Waals surface area contributed by atoms with Gasteiger partial charge in [-0.1, -0.05) is 50.1 Å². The van der Waals surface area contributed by atoms with Crippen molar-refractivity contribution in [1.29, 1.82) is 0 Å². The van der Waals surface area contributed by atoms with Gasteiger partial charge in [0.2, 0.25) is 0 Å². The van der Waals surface area contributed by atoms with Crippen LogP contribution in [0, 0.1) is 0 Å². The summed E-state index contributed by atoms with van der Waals surface area (Å²) in [6.45, 7) is 2.77. The number of carbonyl (C=O) groups is 1. The van der Waals surface area contributed by atoms with E-state index in [1.165, 1.54) is 0 Å². The molecular weight excluding hydrogens is 302 g/mol. The average Bonchev–Trinajstić information content (AvgIpc) is 2.58. The zero-order valence-corrected chi connectivity index (χ0v) is 13.9. The van der Waals surface area contributed by atoms with Crippen LogP contribution in [0.2, 0.25) is 0 Å². The minimum Gasteiger partial charge on any atom is -0.493 e. The van der Waals surface area contributed by atoms with Crippen LogP contribution < -0.4 is 10.5 Å². The molecule has 0 aliphatic carbocycles. The predicted octanol–water partition coefficient (Wildman–Crippen LogP) is 4.46. The molecule has 0 spiro atoms. The minimum atomic E-state index is -0.986. The summed E-state index contributed by atoms with van der Waals surface area (Å²) in [5.74, 6) is -0.289. The van der Waals surface area contributed by atoms with E-state index in [1.807, 2.05) is 24.3 Å². The second kappa shape index (κ2) is 8.77. The molecular formula is C20H23NO3. The lowest BCUT2D eigenvalue weighted by molar-refractivity contribution is -0.130. The SMILES string of the molecule is CCCCCOc1ccccc1/C=C(\C(=O)O)c1ccc(N)cc1. The molecule has 0 aliphatic rings. The van der Waals surface area contributed by atoms with E-state index in [-0.39, 0.29) is 5.57 Å². The molecule has 0 amide bonds. The number of ether oxygens (including phenoxy) is 1. The molecule has 0 radical (unpaired) electrons. The molecule has 0 heterocycles. The van der Waals surface area contributed by atoms with E-state index in [0.29, 0.717) is 23.6 Å². The lowest BCUT2D eigenvalue weighted by Crippen LogP contribution is -2.02. The molecule has 0 saturated heterocycles. The molecule has 0 fully saturated rings. The highest BCUT2D eigenvalue weighted by atomic mass is 16.5. The highest BCUT2D eigenvalue weighted by Gasteiger charge is 2.12. The second-order valence-corrected chi connectivity index (χ2v) is 5.58. The summed E-state index contributed by atoms with van der Waals surface area (Å²) in [6.07, 6.45) is 4.87. The Balaban J connectivity index is 2.29. The third kappa shape index (κ3) is 4.88. The van der Waals surface area contributed by atoms with Crippen LogP contribution in [0.3, 0.4) is 0 Å². The third-order valence-electron chi connectivity index (χ3n) is 3.68. The number of carboxylic acid groups (broad SMARTS) is 1. The van der Waals surface area contributed by atoms with Gasteiger partial charge in [0.15, 0.2) is 0 Å². The van der Waals surface area contributed by atoms with Crippen molar-refractivity contribution in [1.82, 2.24) is 0 Å². The Labute approximate surface area is 142 Å². The molecule has 126 valence electrons. The van der Waals surface area contributed by atoms with Gasteiger partial charge in [-0.2, -0.15) is 0 Å². The Morgan fingerprint density at radius 1 is 1.12 bits per heavy atom. The van der Waals surface area contributed by atoms with E-state index in [9.17, 15) is 9.90 Å². The van der Waals surface area contributed by atoms with Crippen molar-refractivity contribution in [3.63, 3.8) is 0 Å². The maximum Gasteiger partial charge on any atom is 0.336 e. The number of unbranched alkanes of at least 4 members (excludes halogenated alkanes) is 2. The van der Waals surface area contributed by atoms with Crippen molar-refractivity contribution >= 4 is 23.3 Å². The molecule has 0 bridgehead atoms. The molecule has 4 heteroatoms. The van der Waals surface area contributed by atoms with Gasteiger partial charge in [0.1, 0.15) is 5.75 Å². The molecule has 3 N–H and O–H groups in total. The Bertz CT molecular complexity index is 705. The second-order valence-electron chi connectivity index (χ2n) is 5.58. The lowest BCUT2D eigenvalue weighted by Gasteiger charge is -2.10. The number of nitrogen functional groups attached to an aromatic ring is 1. The fourth-order valence-electron chi connectivity index (χ4n) is 2.35. The van der Waals surface area contributed by atoms with Gasteiger partial charge in [-0.05, 0) is 36.3 Å². The summed E-state index contributed by atoms with van der Waals surface area (Å²) in [7, 11) is 0. The van der Waals surface area contributed by atoms with Crippen molar-refractivity contribution in [2.24, 2.45) is 0 Å². The minimum absolute atomic E-state index is 0.208. The van der Waals surface area contributed by atoms with Crippen molar-refractivity contribution in [2.45, 2.75) is 26.2 Å². The standard InChI is InChI=1S/C20H23NO3/c1-2-3-6-13-24-19-8-5-4-7-16(19)14-18(20(22)23)15-9-11-17(21)12-10-15/h4-5,7-12,14H,2-3,6,13,21H2,1H3,(H,22,23)/b18-14-. The number of hydrogen-bond donors (Lipinski definition) is 2. The van der Waals surface area contributed by atoms with Gasteiger partial charge in [-0.3, -0.25) is 0 Å². The number of hydrogen-bond acceptors (Lipinski definition) is 3. The highest BCUT2D eigenvalue weighted by molar-refractivity contribution is 6.20. The number of rotatable bonds is 8. The fraction of sp³-hybridized carbons (Fsp3) is 0.250. The first kappa shape index (κ1) is 17.6. The van der Waals surface area contributed by atoms with Gasteiger partial charge in [0.25, 0.3) is 0 Å². The maximum atomic E-state index is 11.7. The van der Waals surface area contributed by atoms with E-state index in [0.717, 1.165) is 24.8 Å². The van der Waals surface area contributed by atoms with Crippen LogP contribution in [0.1, 0.15) is 37.3 Å². The zero-order chi connectivity index (χ0) is 17.4. The van der Waals surface area contributed by atoms with Crippen LogP contribution in [0.5, 0.6) is 5.75 Å². The van der Waals surface area contributed by atoms with Gasteiger partial charge in [0.05, 0.1) is 12.2 Å². The van der Waals surface area contributed by atoms with Crippen LogP contribution in [-0.4, -0.2) is 17.7 Å². The molecule has 0 atom stereocenters. The molecule has 24 heavy (non-hydrogen) atoms. The van der Waals surface area contributed by atoms with Gasteiger partial charge in [0, 0.05) is 11.3 Å². The van der Waals surface area contributed by atoms with Crippen LogP contribution in [0.15, 0.2) is 48.5 Å². The Morgan fingerprint density at radius 3 is 2.50 bits per heavy atom. The summed E-state index contributed by atoms with van der Waals surface area (Å²) in [4.78, 5) is 11.7. The molecule has 2 aromatic rings. The fourth-order valence-corrected chi connectivity index (χ4v) is 2.35. The topological polar surface area (TPSA) is 72.5 Å². The van der Waals surface area contributed by atoms with Crippen LogP contribution in [0.4, 0.5) is 5.69 Å². The first-order chi connectivity index (χ1) is 11.6. The smallest absolute Gasteiger partial charge is 0.336 e. The van der Waals surface area contributed by atoms with E-state index in [1.54, 1.807) is 30.3 Å². The van der Waals surface area contributed by atoms with Crippen LogP contribution >= 0.6 is 0 Å². The summed E-state index contributed by atoms with van der Waals surface area (Å²) in [5, 5.41) is 9.55. The van der Waals surface area contributed by atoms with E-state index in [4.69, 9.17) is 10.5 Å². The molecule has 0 aliphatic heterocycles. The molecule has 0 saturated carbocycles. The summed E-state index contributed by atoms with van der Waals surface area (Å²) >= 11 is 0. The Kier molecular flexibility index (Phi) is 6.43. The maximum absolute atomic E-state index is 11.7.